The molecule has 1 saturated heterocycles. The van der Waals surface area contributed by atoms with Gasteiger partial charge in [-0.25, -0.2) is 0 Å². The van der Waals surface area contributed by atoms with Gasteiger partial charge in [0.05, 0.1) is 6.54 Å². The van der Waals surface area contributed by atoms with Crippen LogP contribution in [0.5, 0.6) is 0 Å². The summed E-state index contributed by atoms with van der Waals surface area (Å²) in [6, 6.07) is 2.61. The Morgan fingerprint density at radius 3 is 3.17 bits per heavy atom. The van der Waals surface area contributed by atoms with Crippen molar-refractivity contribution in [3.05, 3.63) is 21.9 Å². The van der Waals surface area contributed by atoms with Gasteiger partial charge in [0, 0.05) is 16.8 Å². The van der Waals surface area contributed by atoms with E-state index in [0.29, 0.717) is 12.6 Å². The number of aryl methyl sites for hydroxylation is 1. The highest BCUT2D eigenvalue weighted by Gasteiger charge is 2.24. The minimum Gasteiger partial charge on any atom is -0.351 e. The van der Waals surface area contributed by atoms with Crippen LogP contribution >= 0.6 is 11.3 Å². The number of amides is 1. The lowest BCUT2D eigenvalue weighted by Gasteiger charge is -2.27. The number of carbonyl (C=O) groups is 1. The predicted octanol–water partition coefficient (Wildman–Crippen LogP) is 2.31. The number of piperidine rings is 1. The van der Waals surface area contributed by atoms with E-state index in [0.717, 1.165) is 25.8 Å². The summed E-state index contributed by atoms with van der Waals surface area (Å²) < 4.78 is 0. The monoisotopic (exact) mass is 266 g/mol. The minimum absolute atomic E-state index is 0.186. The number of carbonyl (C=O) groups excluding carboxylic acids is 1. The number of thiophene rings is 1. The molecule has 2 N–H and O–H groups in total. The van der Waals surface area contributed by atoms with Gasteiger partial charge >= 0.3 is 0 Å². The van der Waals surface area contributed by atoms with Crippen molar-refractivity contribution in [3.63, 3.8) is 0 Å². The molecule has 1 aromatic heterocycles. The van der Waals surface area contributed by atoms with Crippen LogP contribution < -0.4 is 10.6 Å². The average Bonchev–Trinajstić information content (AvgIpc) is 2.83. The van der Waals surface area contributed by atoms with Crippen molar-refractivity contribution in [3.8, 4) is 0 Å². The maximum Gasteiger partial charge on any atom is 0.223 e. The van der Waals surface area contributed by atoms with Crippen LogP contribution in [0.1, 0.15) is 37.1 Å². The van der Waals surface area contributed by atoms with Crippen LogP contribution in [0, 0.1) is 5.92 Å². The molecule has 100 valence electrons. The zero-order valence-corrected chi connectivity index (χ0v) is 12.0. The lowest BCUT2D eigenvalue weighted by atomic mass is 9.92. The second-order valence-electron chi connectivity index (χ2n) is 5.02. The van der Waals surface area contributed by atoms with E-state index in [2.05, 4.69) is 35.9 Å². The van der Waals surface area contributed by atoms with Crippen molar-refractivity contribution in [1.29, 1.82) is 0 Å². The molecule has 1 aromatic rings. The number of hydrogen-bond acceptors (Lipinski definition) is 3. The minimum atomic E-state index is 0.186. The van der Waals surface area contributed by atoms with Gasteiger partial charge in [-0.2, -0.15) is 0 Å². The summed E-state index contributed by atoms with van der Waals surface area (Å²) in [5.74, 6) is 0.407. The van der Waals surface area contributed by atoms with Crippen molar-refractivity contribution in [2.24, 2.45) is 5.92 Å². The first-order valence-electron chi connectivity index (χ1n) is 6.77. The first kappa shape index (κ1) is 13.6. The van der Waals surface area contributed by atoms with Gasteiger partial charge in [-0.1, -0.05) is 6.92 Å². The highest BCUT2D eigenvalue weighted by molar-refractivity contribution is 7.10. The Bertz CT molecular complexity index is 402. The third-order valence-corrected chi connectivity index (χ3v) is 4.60. The summed E-state index contributed by atoms with van der Waals surface area (Å²) in [4.78, 5) is 13.4. The van der Waals surface area contributed by atoms with E-state index < -0.39 is 0 Å². The molecule has 0 aromatic carbocycles. The van der Waals surface area contributed by atoms with Gasteiger partial charge < -0.3 is 10.6 Å². The Balaban J connectivity index is 1.84. The molecule has 2 rings (SSSR count). The Hall–Kier alpha value is -0.870. The third-order valence-electron chi connectivity index (χ3n) is 3.64. The van der Waals surface area contributed by atoms with Crippen LogP contribution in [0.4, 0.5) is 0 Å². The molecule has 1 aliphatic heterocycles. The van der Waals surface area contributed by atoms with Gasteiger partial charge in [0.15, 0.2) is 0 Å². The van der Waals surface area contributed by atoms with E-state index in [1.807, 2.05) is 0 Å². The number of nitrogens with one attached hydrogen (secondary N) is 2. The van der Waals surface area contributed by atoms with Gasteiger partial charge in [0.1, 0.15) is 0 Å². The summed E-state index contributed by atoms with van der Waals surface area (Å²) in [5.41, 5.74) is 1.36. The molecule has 0 saturated carbocycles. The molecule has 3 nitrogen and oxygen atoms in total. The van der Waals surface area contributed by atoms with E-state index in [9.17, 15) is 4.79 Å². The number of hydrogen-bond donors (Lipinski definition) is 2. The predicted molar refractivity (Wildman–Crippen MR) is 75.7 cm³/mol. The maximum absolute atomic E-state index is 12.1. The van der Waals surface area contributed by atoms with Crippen LogP contribution in [-0.4, -0.2) is 18.5 Å². The maximum atomic E-state index is 12.1. The summed E-state index contributed by atoms with van der Waals surface area (Å²) in [6.07, 6.45) is 2.96. The molecular formula is C14H22N2OS. The zero-order chi connectivity index (χ0) is 13.0. The van der Waals surface area contributed by atoms with Gasteiger partial charge in [-0.05, 0) is 49.7 Å². The second kappa shape index (κ2) is 6.34. The van der Waals surface area contributed by atoms with E-state index in [-0.39, 0.29) is 11.8 Å². The lowest BCUT2D eigenvalue weighted by molar-refractivity contribution is -0.126. The van der Waals surface area contributed by atoms with Gasteiger partial charge in [0.2, 0.25) is 5.91 Å². The van der Waals surface area contributed by atoms with Crippen molar-refractivity contribution in [2.75, 3.05) is 6.54 Å². The van der Waals surface area contributed by atoms with Crippen LogP contribution in [-0.2, 0) is 17.8 Å². The van der Waals surface area contributed by atoms with Crippen molar-refractivity contribution in [1.82, 2.24) is 10.6 Å². The highest BCUT2D eigenvalue weighted by Crippen LogP contribution is 2.19. The number of rotatable bonds is 4. The van der Waals surface area contributed by atoms with Gasteiger partial charge in [-0.15, -0.1) is 11.3 Å². The molecular weight excluding hydrogens is 244 g/mol. The Kier molecular flexibility index (Phi) is 4.78. The summed E-state index contributed by atoms with van der Waals surface area (Å²) in [6.45, 7) is 5.95. The topological polar surface area (TPSA) is 41.1 Å². The molecule has 2 atom stereocenters. The van der Waals surface area contributed by atoms with E-state index in [1.165, 1.54) is 10.4 Å². The first-order chi connectivity index (χ1) is 8.70. The van der Waals surface area contributed by atoms with E-state index >= 15 is 0 Å². The summed E-state index contributed by atoms with van der Waals surface area (Å²) in [7, 11) is 0. The molecule has 0 aliphatic carbocycles. The third kappa shape index (κ3) is 3.33. The molecule has 1 amide bonds. The average molecular weight is 266 g/mol. The van der Waals surface area contributed by atoms with Gasteiger partial charge in [0.25, 0.3) is 0 Å². The van der Waals surface area contributed by atoms with Gasteiger partial charge in [-0.3, -0.25) is 4.79 Å². The van der Waals surface area contributed by atoms with Crippen LogP contribution in [0.25, 0.3) is 0 Å². The van der Waals surface area contributed by atoms with E-state index in [1.54, 1.807) is 11.3 Å². The molecule has 2 unspecified atom stereocenters. The van der Waals surface area contributed by atoms with Crippen molar-refractivity contribution < 1.29 is 4.79 Å². The molecule has 4 heteroatoms. The summed E-state index contributed by atoms with van der Waals surface area (Å²) in [5, 5.41) is 8.57. The quantitative estimate of drug-likeness (QED) is 0.878. The molecule has 1 fully saturated rings. The largest absolute Gasteiger partial charge is 0.351 e. The van der Waals surface area contributed by atoms with Crippen LogP contribution in [0.2, 0.25) is 0 Å². The van der Waals surface area contributed by atoms with Crippen molar-refractivity contribution >= 4 is 17.2 Å². The molecule has 1 aliphatic rings. The Labute approximate surface area is 113 Å². The molecule has 2 heterocycles. The van der Waals surface area contributed by atoms with Crippen LogP contribution in [0.3, 0.4) is 0 Å². The molecule has 0 bridgehead atoms. The summed E-state index contributed by atoms with van der Waals surface area (Å²) >= 11 is 1.74. The fraction of sp³-hybridized carbons (Fsp3) is 0.643. The van der Waals surface area contributed by atoms with Crippen LogP contribution in [0.15, 0.2) is 11.4 Å². The molecule has 18 heavy (non-hydrogen) atoms. The fourth-order valence-corrected chi connectivity index (χ4v) is 3.43. The Morgan fingerprint density at radius 1 is 1.61 bits per heavy atom. The smallest absolute Gasteiger partial charge is 0.223 e. The normalized spacial score (nSPS) is 23.9. The van der Waals surface area contributed by atoms with Crippen molar-refractivity contribution in [2.45, 2.75) is 45.7 Å². The fourth-order valence-electron chi connectivity index (χ4n) is 2.52. The standard InChI is InChI=1S/C14H22N2OS/c1-3-11-5-7-18-13(11)9-16-14(17)12-4-6-15-10(2)8-12/h5,7,10,12,15H,3-4,6,8-9H2,1-2H3,(H,16,17). The first-order valence-corrected chi connectivity index (χ1v) is 7.65. The SMILES string of the molecule is CCc1ccsc1CNC(=O)C1CCNC(C)C1. The molecule has 0 spiro atoms. The van der Waals surface area contributed by atoms with E-state index in [4.69, 9.17) is 0 Å². The Morgan fingerprint density at radius 2 is 2.44 bits per heavy atom. The molecule has 0 radical (unpaired) electrons. The lowest BCUT2D eigenvalue weighted by Crippen LogP contribution is -2.42. The highest BCUT2D eigenvalue weighted by atomic mass is 32.1. The second-order valence-corrected chi connectivity index (χ2v) is 6.02. The zero-order valence-electron chi connectivity index (χ0n) is 11.2.